The predicted octanol–water partition coefficient (Wildman–Crippen LogP) is 6.20. The third kappa shape index (κ3) is 4.26. The molecule has 0 aromatic carbocycles. The Morgan fingerprint density at radius 2 is 1.76 bits per heavy atom. The van der Waals surface area contributed by atoms with Crippen molar-refractivity contribution in [2.75, 3.05) is 14.2 Å². The fourth-order valence-corrected chi connectivity index (χ4v) is 10.0. The van der Waals surface area contributed by atoms with Crippen LogP contribution in [0, 0.1) is 23.2 Å². The van der Waals surface area contributed by atoms with Crippen molar-refractivity contribution in [3.05, 3.63) is 23.0 Å². The van der Waals surface area contributed by atoms with E-state index in [0.29, 0.717) is 41.8 Å². The van der Waals surface area contributed by atoms with E-state index in [0.717, 1.165) is 43.0 Å². The lowest BCUT2D eigenvalue weighted by atomic mass is 9.67. The van der Waals surface area contributed by atoms with Gasteiger partial charge in [-0.2, -0.15) is 0 Å². The van der Waals surface area contributed by atoms with Gasteiger partial charge in [-0.1, -0.05) is 47.6 Å². The Balaban J connectivity index is 2.25. The summed E-state index contributed by atoms with van der Waals surface area (Å²) in [6.07, 6.45) is 5.90. The third-order valence-corrected chi connectivity index (χ3v) is 14.0. The van der Waals surface area contributed by atoms with Crippen LogP contribution < -0.4 is 0 Å². The summed E-state index contributed by atoms with van der Waals surface area (Å²) in [7, 11) is 1.02. The van der Waals surface area contributed by atoms with Crippen molar-refractivity contribution < 1.29 is 23.5 Å². The molecule has 0 saturated heterocycles. The van der Waals surface area contributed by atoms with Crippen LogP contribution in [0.3, 0.4) is 0 Å². The fourth-order valence-electron chi connectivity index (χ4n) is 6.95. The SMILES string of the molecule is CC[Si](CC)(CC)OC12CCC(OC)=C(C(=O)OC)C1=CC1C(=O)C[C@H](C(C)C)[C@@]1(C)CC2. The van der Waals surface area contributed by atoms with Crippen molar-refractivity contribution >= 4 is 20.1 Å². The van der Waals surface area contributed by atoms with Crippen molar-refractivity contribution in [2.45, 2.75) is 97.4 Å². The van der Waals surface area contributed by atoms with Crippen molar-refractivity contribution in [3.63, 3.8) is 0 Å². The van der Waals surface area contributed by atoms with E-state index in [4.69, 9.17) is 13.9 Å². The van der Waals surface area contributed by atoms with Crippen LogP contribution in [0.15, 0.2) is 23.0 Å². The number of methoxy groups -OCH3 is 2. The van der Waals surface area contributed by atoms with Crippen LogP contribution in [0.4, 0.5) is 0 Å². The molecule has 0 aromatic rings. The molecule has 186 valence electrons. The van der Waals surface area contributed by atoms with E-state index < -0.39 is 19.9 Å². The van der Waals surface area contributed by atoms with Gasteiger partial charge in [0.25, 0.3) is 0 Å². The van der Waals surface area contributed by atoms with Gasteiger partial charge in [0.15, 0.2) is 8.32 Å². The number of hydrogen-bond acceptors (Lipinski definition) is 5. The number of fused-ring (bicyclic) bond motifs is 2. The smallest absolute Gasteiger partial charge is 0.341 e. The minimum atomic E-state index is -2.01. The molecule has 3 aliphatic carbocycles. The van der Waals surface area contributed by atoms with Gasteiger partial charge in [-0.25, -0.2) is 4.79 Å². The van der Waals surface area contributed by atoms with E-state index >= 15 is 0 Å². The van der Waals surface area contributed by atoms with E-state index in [-0.39, 0.29) is 11.3 Å². The number of ether oxygens (including phenoxy) is 2. The second-order valence-electron chi connectivity index (χ2n) is 10.9. The van der Waals surface area contributed by atoms with Crippen LogP contribution in [0.5, 0.6) is 0 Å². The van der Waals surface area contributed by atoms with Crippen LogP contribution in [0.1, 0.15) is 73.6 Å². The zero-order valence-electron chi connectivity index (χ0n) is 22.0. The number of carbonyl (C=O) groups excluding carboxylic acids is 2. The molecule has 0 radical (unpaired) electrons. The molecule has 2 unspecified atom stereocenters. The van der Waals surface area contributed by atoms with E-state index in [1.165, 1.54) is 7.11 Å². The van der Waals surface area contributed by atoms with Crippen molar-refractivity contribution in [3.8, 4) is 0 Å². The first kappa shape index (κ1) is 26.2. The Morgan fingerprint density at radius 1 is 1.12 bits per heavy atom. The molecule has 0 bridgehead atoms. The van der Waals surface area contributed by atoms with Crippen LogP contribution >= 0.6 is 0 Å². The molecule has 0 amide bonds. The highest BCUT2D eigenvalue weighted by molar-refractivity contribution is 6.73. The molecule has 0 aliphatic heterocycles. The van der Waals surface area contributed by atoms with Gasteiger partial charge in [0.1, 0.15) is 17.1 Å². The number of ketones is 1. The van der Waals surface area contributed by atoms with Crippen molar-refractivity contribution in [1.82, 2.24) is 0 Å². The molecule has 0 spiro atoms. The van der Waals surface area contributed by atoms with E-state index in [2.05, 4.69) is 47.6 Å². The zero-order valence-corrected chi connectivity index (χ0v) is 23.0. The van der Waals surface area contributed by atoms with Crippen molar-refractivity contribution in [2.24, 2.45) is 23.2 Å². The summed E-state index contributed by atoms with van der Waals surface area (Å²) in [5, 5.41) is 0. The minimum Gasteiger partial charge on any atom is -0.500 e. The largest absolute Gasteiger partial charge is 0.500 e. The van der Waals surface area contributed by atoms with Gasteiger partial charge in [-0.3, -0.25) is 4.79 Å². The Bertz CT molecular complexity index is 831. The number of esters is 1. The number of allylic oxidation sites excluding steroid dienone is 2. The number of Topliss-reactive ketones (excluding diaryl/α,β-unsaturated/α-hetero) is 1. The number of carbonyl (C=O) groups is 2. The summed E-state index contributed by atoms with van der Waals surface area (Å²) in [6, 6.07) is 3.12. The average molecular weight is 477 g/mol. The van der Waals surface area contributed by atoms with Gasteiger partial charge >= 0.3 is 5.97 Å². The summed E-state index contributed by atoms with van der Waals surface area (Å²) >= 11 is 0. The molecule has 0 heterocycles. The summed E-state index contributed by atoms with van der Waals surface area (Å²) in [6.45, 7) is 13.5. The standard InChI is InChI=1S/C27H44O5Si/c1-9-33(10-2,11-3)32-27-13-12-23(30-7)24(25(29)31-8)21(27)16-20-22(28)17-19(18(4)5)26(20,6)14-15-27/h16,18-20H,9-15,17H2,1-8H3/t19-,20?,26-,27?/m1/s1. The summed E-state index contributed by atoms with van der Waals surface area (Å²) in [4.78, 5) is 26.5. The normalized spacial score (nSPS) is 32.3. The maximum Gasteiger partial charge on any atom is 0.341 e. The molecule has 1 fully saturated rings. The van der Waals surface area contributed by atoms with Crippen LogP contribution in [0.25, 0.3) is 0 Å². The Labute approximate surface area is 201 Å². The van der Waals surface area contributed by atoms with Crippen LogP contribution in [-0.2, 0) is 23.5 Å². The first-order valence-corrected chi connectivity index (χ1v) is 15.4. The van der Waals surface area contributed by atoms with E-state index in [1.807, 2.05) is 0 Å². The molecule has 6 heteroatoms. The lowest BCUT2D eigenvalue weighted by Gasteiger charge is -2.47. The van der Waals surface area contributed by atoms with Gasteiger partial charge in [0.2, 0.25) is 0 Å². The molecule has 3 rings (SSSR count). The van der Waals surface area contributed by atoms with Crippen LogP contribution in [-0.4, -0.2) is 39.9 Å². The molecular weight excluding hydrogens is 432 g/mol. The van der Waals surface area contributed by atoms with Crippen molar-refractivity contribution in [1.29, 1.82) is 0 Å². The molecule has 0 N–H and O–H groups in total. The van der Waals surface area contributed by atoms with E-state index in [9.17, 15) is 9.59 Å². The maximum absolute atomic E-state index is 13.4. The summed E-state index contributed by atoms with van der Waals surface area (Å²) < 4.78 is 18.3. The highest BCUT2D eigenvalue weighted by Crippen LogP contribution is 2.59. The number of rotatable bonds is 8. The second kappa shape index (κ2) is 9.69. The third-order valence-electron chi connectivity index (χ3n) is 9.31. The Morgan fingerprint density at radius 3 is 2.27 bits per heavy atom. The highest BCUT2D eigenvalue weighted by Gasteiger charge is 2.57. The predicted molar refractivity (Wildman–Crippen MR) is 133 cm³/mol. The topological polar surface area (TPSA) is 61.8 Å². The van der Waals surface area contributed by atoms with Gasteiger partial charge in [-0.05, 0) is 60.2 Å². The maximum atomic E-state index is 13.4. The summed E-state index contributed by atoms with van der Waals surface area (Å²) in [5.41, 5.74) is 0.656. The molecule has 1 saturated carbocycles. The first-order valence-electron chi connectivity index (χ1n) is 12.9. The molecule has 3 aliphatic rings. The molecule has 4 atom stereocenters. The average Bonchev–Trinajstić information content (AvgIpc) is 2.98. The molecule has 33 heavy (non-hydrogen) atoms. The molecule has 0 aromatic heterocycles. The van der Waals surface area contributed by atoms with Gasteiger partial charge in [-0.15, -0.1) is 0 Å². The zero-order chi connectivity index (χ0) is 24.6. The summed E-state index contributed by atoms with van der Waals surface area (Å²) in [5.74, 6) is 1.11. The second-order valence-corrected chi connectivity index (χ2v) is 15.6. The first-order chi connectivity index (χ1) is 15.6. The highest BCUT2D eigenvalue weighted by atomic mass is 28.4. The lowest BCUT2D eigenvalue weighted by Crippen LogP contribution is -2.50. The Kier molecular flexibility index (Phi) is 7.69. The Hall–Kier alpha value is -1.40. The minimum absolute atomic E-state index is 0.130. The fraction of sp³-hybridized carbons (Fsp3) is 0.778. The van der Waals surface area contributed by atoms with Gasteiger partial charge < -0.3 is 13.9 Å². The lowest BCUT2D eigenvalue weighted by molar-refractivity contribution is -0.136. The van der Waals surface area contributed by atoms with E-state index in [1.54, 1.807) is 7.11 Å². The molecular formula is C27H44O5Si. The van der Waals surface area contributed by atoms with Gasteiger partial charge in [0, 0.05) is 18.8 Å². The quantitative estimate of drug-likeness (QED) is 0.308. The monoisotopic (exact) mass is 476 g/mol. The number of hydrogen-bond donors (Lipinski definition) is 0. The molecule has 5 nitrogen and oxygen atoms in total. The van der Waals surface area contributed by atoms with Gasteiger partial charge in [0.05, 0.1) is 19.8 Å². The van der Waals surface area contributed by atoms with Crippen LogP contribution in [0.2, 0.25) is 18.1 Å².